The molecular weight excluding hydrogens is 412 g/mol. The highest BCUT2D eigenvalue weighted by Crippen LogP contribution is 2.59. The Kier molecular flexibility index (Phi) is 5.58. The Morgan fingerprint density at radius 1 is 1.24 bits per heavy atom. The first-order valence-corrected chi connectivity index (χ1v) is 11.9. The van der Waals surface area contributed by atoms with Gasteiger partial charge in [0.05, 0.1) is 18.6 Å². The summed E-state index contributed by atoms with van der Waals surface area (Å²) in [5, 5.41) is 0. The van der Waals surface area contributed by atoms with E-state index in [0.717, 1.165) is 47.3 Å². The summed E-state index contributed by atoms with van der Waals surface area (Å²) in [6.07, 6.45) is 11.8. The molecule has 1 aliphatic carbocycles. The van der Waals surface area contributed by atoms with E-state index in [1.54, 1.807) is 0 Å². The lowest BCUT2D eigenvalue weighted by atomic mass is 9.59. The van der Waals surface area contributed by atoms with Crippen molar-refractivity contribution in [3.05, 3.63) is 59.2 Å². The summed E-state index contributed by atoms with van der Waals surface area (Å²) in [5.74, 6) is 7.54. The zero-order valence-corrected chi connectivity index (χ0v) is 19.7. The number of benzene rings is 1. The van der Waals surface area contributed by atoms with Crippen molar-refractivity contribution in [3.8, 4) is 17.6 Å². The SMILES string of the molecule is CC#CC1=CC(c2ccc3c(c2)C2(COC(N)=N2)C2(COC2)C(CCC)O3)=CC(C)CC=C1. The molecule has 5 heteroatoms. The second-order valence-corrected chi connectivity index (χ2v) is 9.57. The number of hydrogen-bond donors (Lipinski definition) is 1. The highest BCUT2D eigenvalue weighted by Gasteiger charge is 2.67. The van der Waals surface area contributed by atoms with Gasteiger partial charge in [0.1, 0.15) is 24.0 Å². The molecule has 1 aromatic rings. The van der Waals surface area contributed by atoms with Gasteiger partial charge in [-0.3, -0.25) is 0 Å². The van der Waals surface area contributed by atoms with Crippen LogP contribution < -0.4 is 10.5 Å². The van der Waals surface area contributed by atoms with Gasteiger partial charge in [0, 0.05) is 11.1 Å². The van der Waals surface area contributed by atoms with E-state index in [1.165, 1.54) is 0 Å². The average molecular weight is 445 g/mol. The minimum atomic E-state index is -0.595. The van der Waals surface area contributed by atoms with Crippen LogP contribution in [0.4, 0.5) is 0 Å². The first-order chi connectivity index (χ1) is 16.0. The molecule has 1 fully saturated rings. The summed E-state index contributed by atoms with van der Waals surface area (Å²) in [7, 11) is 0. The van der Waals surface area contributed by atoms with Crippen molar-refractivity contribution < 1.29 is 14.2 Å². The van der Waals surface area contributed by atoms with Crippen molar-refractivity contribution in [2.75, 3.05) is 19.8 Å². The minimum absolute atomic E-state index is 0.0185. The van der Waals surface area contributed by atoms with Crippen molar-refractivity contribution in [3.63, 3.8) is 0 Å². The molecule has 0 amide bonds. The number of aliphatic imine (C=N–C) groups is 1. The molecule has 3 aliphatic heterocycles. The maximum atomic E-state index is 6.61. The van der Waals surface area contributed by atoms with Crippen molar-refractivity contribution in [1.82, 2.24) is 0 Å². The minimum Gasteiger partial charge on any atom is -0.489 e. The van der Waals surface area contributed by atoms with Gasteiger partial charge in [-0.05, 0) is 55.0 Å². The predicted molar refractivity (Wildman–Crippen MR) is 131 cm³/mol. The molecule has 33 heavy (non-hydrogen) atoms. The quantitative estimate of drug-likeness (QED) is 0.685. The molecule has 3 unspecified atom stereocenters. The molecule has 5 nitrogen and oxygen atoms in total. The molecule has 0 saturated carbocycles. The highest BCUT2D eigenvalue weighted by molar-refractivity contribution is 5.79. The monoisotopic (exact) mass is 444 g/mol. The molecular formula is C28H32N2O3. The number of amidine groups is 1. The molecule has 2 N–H and O–H groups in total. The summed E-state index contributed by atoms with van der Waals surface area (Å²) < 4.78 is 18.2. The Hall–Kier alpha value is -2.97. The van der Waals surface area contributed by atoms with Crippen LogP contribution in [0.1, 0.15) is 51.2 Å². The molecule has 3 heterocycles. The van der Waals surface area contributed by atoms with Crippen LogP contribution >= 0.6 is 0 Å². The fraction of sp³-hybridized carbons (Fsp3) is 0.464. The predicted octanol–water partition coefficient (Wildman–Crippen LogP) is 4.73. The highest BCUT2D eigenvalue weighted by atomic mass is 16.5. The summed E-state index contributed by atoms with van der Waals surface area (Å²) >= 11 is 0. The summed E-state index contributed by atoms with van der Waals surface area (Å²) in [5.41, 5.74) is 9.58. The molecule has 0 radical (unpaired) electrons. The lowest BCUT2D eigenvalue weighted by molar-refractivity contribution is -0.217. The molecule has 4 aliphatic rings. The second-order valence-electron chi connectivity index (χ2n) is 9.57. The normalized spacial score (nSPS) is 29.2. The number of ether oxygens (including phenoxy) is 3. The molecule has 2 spiro atoms. The average Bonchev–Trinajstić information content (AvgIpc) is 3.13. The molecule has 172 valence electrons. The number of rotatable bonds is 3. The zero-order chi connectivity index (χ0) is 23.1. The van der Waals surface area contributed by atoms with E-state index in [1.807, 2.05) is 6.92 Å². The first kappa shape index (κ1) is 21.9. The Bertz CT molecular complexity index is 1130. The lowest BCUT2D eigenvalue weighted by Crippen LogP contribution is -2.67. The second kappa shape index (κ2) is 8.43. The summed E-state index contributed by atoms with van der Waals surface area (Å²) in [4.78, 5) is 4.95. The van der Waals surface area contributed by atoms with Crippen LogP contribution in [-0.4, -0.2) is 31.9 Å². The molecule has 0 aromatic heterocycles. The Balaban J connectivity index is 1.66. The topological polar surface area (TPSA) is 66.1 Å². The van der Waals surface area contributed by atoms with Crippen LogP contribution in [0.15, 0.2) is 53.1 Å². The van der Waals surface area contributed by atoms with Crippen LogP contribution in [-0.2, 0) is 15.0 Å². The van der Waals surface area contributed by atoms with Crippen LogP contribution in [0.3, 0.4) is 0 Å². The van der Waals surface area contributed by atoms with E-state index in [2.05, 4.69) is 68.2 Å². The Labute approximate surface area is 196 Å². The molecule has 0 bridgehead atoms. The first-order valence-electron chi connectivity index (χ1n) is 11.9. The van der Waals surface area contributed by atoms with Gasteiger partial charge < -0.3 is 19.9 Å². The van der Waals surface area contributed by atoms with Crippen molar-refractivity contribution >= 4 is 11.6 Å². The van der Waals surface area contributed by atoms with Crippen molar-refractivity contribution in [2.45, 2.75) is 51.7 Å². The van der Waals surface area contributed by atoms with Crippen molar-refractivity contribution in [2.24, 2.45) is 22.1 Å². The van der Waals surface area contributed by atoms with Gasteiger partial charge in [-0.2, -0.15) is 0 Å². The lowest BCUT2D eigenvalue weighted by Gasteiger charge is -2.57. The number of fused-ring (bicyclic) bond motifs is 3. The fourth-order valence-corrected chi connectivity index (χ4v) is 5.55. The van der Waals surface area contributed by atoms with Gasteiger partial charge in [-0.25, -0.2) is 4.99 Å². The van der Waals surface area contributed by atoms with Gasteiger partial charge >= 0.3 is 0 Å². The third kappa shape index (κ3) is 3.48. The van der Waals surface area contributed by atoms with E-state index in [4.69, 9.17) is 24.9 Å². The number of nitrogens with two attached hydrogens (primary N) is 1. The van der Waals surface area contributed by atoms with E-state index in [-0.39, 0.29) is 17.5 Å². The molecule has 5 rings (SSSR count). The summed E-state index contributed by atoms with van der Waals surface area (Å²) in [6.45, 7) is 7.91. The summed E-state index contributed by atoms with van der Waals surface area (Å²) in [6, 6.07) is 6.70. The van der Waals surface area contributed by atoms with Crippen LogP contribution in [0.5, 0.6) is 5.75 Å². The van der Waals surface area contributed by atoms with Crippen LogP contribution in [0.2, 0.25) is 0 Å². The van der Waals surface area contributed by atoms with Gasteiger partial charge in [-0.15, -0.1) is 5.92 Å². The number of hydrogen-bond acceptors (Lipinski definition) is 5. The van der Waals surface area contributed by atoms with Gasteiger partial charge in [0.25, 0.3) is 6.02 Å². The van der Waals surface area contributed by atoms with E-state index < -0.39 is 5.54 Å². The third-order valence-corrected chi connectivity index (χ3v) is 7.32. The van der Waals surface area contributed by atoms with Crippen LogP contribution in [0.25, 0.3) is 5.57 Å². The number of nitrogens with zero attached hydrogens (tertiary/aromatic N) is 1. The van der Waals surface area contributed by atoms with Gasteiger partial charge in [0.15, 0.2) is 0 Å². The third-order valence-electron chi connectivity index (χ3n) is 7.32. The van der Waals surface area contributed by atoms with E-state index in [9.17, 15) is 0 Å². The standard InChI is InChI=1S/C28H32N2O3/c1-4-7-20-10-6-9-19(3)13-22(14-20)21-11-12-24-23(15-21)28(18-32-26(29)30-28)27(16-31-17-27)25(33-24)8-5-2/h6,10-15,19,25H,5,8-9,16-18H2,1-3H3,(H2,29,30). The maximum absolute atomic E-state index is 6.61. The molecule has 3 atom stereocenters. The van der Waals surface area contributed by atoms with Gasteiger partial charge in [-0.1, -0.05) is 50.5 Å². The Morgan fingerprint density at radius 2 is 2.09 bits per heavy atom. The van der Waals surface area contributed by atoms with Crippen LogP contribution in [0, 0.1) is 23.2 Å². The largest absolute Gasteiger partial charge is 0.489 e. The molecule has 1 saturated heterocycles. The maximum Gasteiger partial charge on any atom is 0.283 e. The van der Waals surface area contributed by atoms with Crippen molar-refractivity contribution in [1.29, 1.82) is 0 Å². The smallest absolute Gasteiger partial charge is 0.283 e. The zero-order valence-electron chi connectivity index (χ0n) is 19.7. The number of allylic oxidation sites excluding steroid dienone is 6. The van der Waals surface area contributed by atoms with E-state index in [0.29, 0.717) is 25.7 Å². The van der Waals surface area contributed by atoms with E-state index >= 15 is 0 Å². The Morgan fingerprint density at radius 3 is 2.76 bits per heavy atom. The molecule has 1 aromatic carbocycles. The fourth-order valence-electron chi connectivity index (χ4n) is 5.55. The van der Waals surface area contributed by atoms with Gasteiger partial charge in [0.2, 0.25) is 0 Å².